The summed E-state index contributed by atoms with van der Waals surface area (Å²) in [4.78, 5) is 26.8. The van der Waals surface area contributed by atoms with Gasteiger partial charge in [-0.2, -0.15) is 0 Å². The first-order chi connectivity index (χ1) is 15.6. The molecule has 8 heteroatoms. The lowest BCUT2D eigenvalue weighted by Crippen LogP contribution is -2.60. The van der Waals surface area contributed by atoms with Gasteiger partial charge in [0.25, 0.3) is 0 Å². The number of rotatable bonds is 7. The van der Waals surface area contributed by atoms with Gasteiger partial charge in [0.2, 0.25) is 5.91 Å². The molecule has 0 aromatic heterocycles. The summed E-state index contributed by atoms with van der Waals surface area (Å²) in [5.41, 5.74) is 2.79. The third-order valence-electron chi connectivity index (χ3n) is 6.02. The number of hydrogen-bond acceptors (Lipinski definition) is 5. The molecular weight excluding hydrogens is 440 g/mol. The van der Waals surface area contributed by atoms with E-state index in [-0.39, 0.29) is 19.3 Å². The molecule has 1 fully saturated rings. The van der Waals surface area contributed by atoms with Crippen LogP contribution in [-0.2, 0) is 25.8 Å². The molecule has 1 aliphatic heterocycles. The number of sulfone groups is 1. The minimum absolute atomic E-state index is 0.0654. The maximum atomic E-state index is 13.0. The van der Waals surface area contributed by atoms with Crippen molar-refractivity contribution in [2.24, 2.45) is 0 Å². The van der Waals surface area contributed by atoms with Gasteiger partial charge in [-0.05, 0) is 49.7 Å². The Kier molecular flexibility index (Phi) is 9.19. The first-order valence-electron chi connectivity index (χ1n) is 11.2. The number of nitrogens with one attached hydrogen (secondary N) is 1. The third kappa shape index (κ3) is 6.42. The molecule has 2 N–H and O–H groups in total. The second kappa shape index (κ2) is 11.4. The van der Waals surface area contributed by atoms with Gasteiger partial charge in [0.15, 0.2) is 14.6 Å². The summed E-state index contributed by atoms with van der Waals surface area (Å²) in [5.74, 6) is -1.92. The number of amides is 1. The molecular formula is C25H34N2O5S. The standard InChI is InChI=1S/C23H28N2O5S.C2H6/c1-25-14-12-23(13-15-25,31(2,29)30)22(28)24-20(21(26)27)16-17-8-10-19(11-9-17)18-6-4-3-5-7-18;1-2/h3-11,20H,12-16H2,1-2H3,(H,24,28)(H,26,27);1-2H3/t20-;/m0./s1. The van der Waals surface area contributed by atoms with E-state index < -0.39 is 32.5 Å². The van der Waals surface area contributed by atoms with E-state index >= 15 is 0 Å². The molecule has 0 bridgehead atoms. The average molecular weight is 475 g/mol. The molecule has 0 saturated carbocycles. The number of carbonyl (C=O) groups is 2. The lowest BCUT2D eigenvalue weighted by atomic mass is 9.94. The minimum atomic E-state index is -3.72. The van der Waals surface area contributed by atoms with Gasteiger partial charge in [0.05, 0.1) is 0 Å². The van der Waals surface area contributed by atoms with Crippen molar-refractivity contribution in [3.63, 3.8) is 0 Å². The zero-order chi connectivity index (χ0) is 24.6. The predicted molar refractivity (Wildman–Crippen MR) is 131 cm³/mol. The fraction of sp³-hybridized carbons (Fsp3) is 0.440. The number of carbonyl (C=O) groups excluding carboxylic acids is 1. The minimum Gasteiger partial charge on any atom is -0.480 e. The van der Waals surface area contributed by atoms with Gasteiger partial charge in [-0.25, -0.2) is 13.2 Å². The number of likely N-dealkylation sites (tertiary alicyclic amines) is 1. The Balaban J connectivity index is 0.00000187. The molecule has 2 aromatic carbocycles. The highest BCUT2D eigenvalue weighted by atomic mass is 32.2. The van der Waals surface area contributed by atoms with Crippen LogP contribution in [0.25, 0.3) is 11.1 Å². The topological polar surface area (TPSA) is 104 Å². The molecule has 1 amide bonds. The Morgan fingerprint density at radius 2 is 1.52 bits per heavy atom. The van der Waals surface area contributed by atoms with Gasteiger partial charge in [-0.3, -0.25) is 4.79 Å². The monoisotopic (exact) mass is 474 g/mol. The Morgan fingerprint density at radius 3 is 2.00 bits per heavy atom. The number of benzene rings is 2. The number of carboxylic acids is 1. The van der Waals surface area contributed by atoms with E-state index in [9.17, 15) is 23.1 Å². The summed E-state index contributed by atoms with van der Waals surface area (Å²) >= 11 is 0. The van der Waals surface area contributed by atoms with Crippen LogP contribution in [0, 0.1) is 0 Å². The summed E-state index contributed by atoms with van der Waals surface area (Å²) in [6.45, 7) is 4.92. The maximum absolute atomic E-state index is 13.0. The van der Waals surface area contributed by atoms with Crippen molar-refractivity contribution in [1.29, 1.82) is 0 Å². The van der Waals surface area contributed by atoms with E-state index in [0.717, 1.165) is 22.9 Å². The van der Waals surface area contributed by atoms with Crippen LogP contribution in [0.5, 0.6) is 0 Å². The van der Waals surface area contributed by atoms with Crippen molar-refractivity contribution in [2.75, 3.05) is 26.4 Å². The number of hydrogen-bond donors (Lipinski definition) is 2. The van der Waals surface area contributed by atoms with Gasteiger partial charge in [-0.15, -0.1) is 0 Å². The first kappa shape index (κ1) is 26.5. The van der Waals surface area contributed by atoms with E-state index in [2.05, 4.69) is 5.32 Å². The fourth-order valence-corrected chi connectivity index (χ4v) is 5.26. The molecule has 7 nitrogen and oxygen atoms in total. The van der Waals surface area contributed by atoms with Gasteiger partial charge >= 0.3 is 5.97 Å². The number of aliphatic carboxylic acids is 1. The summed E-state index contributed by atoms with van der Waals surface area (Å²) in [7, 11) is -1.86. The molecule has 33 heavy (non-hydrogen) atoms. The van der Waals surface area contributed by atoms with Crippen LogP contribution in [0.2, 0.25) is 0 Å². The number of nitrogens with zero attached hydrogens (tertiary/aromatic N) is 1. The van der Waals surface area contributed by atoms with E-state index in [1.54, 1.807) is 0 Å². The quantitative estimate of drug-likeness (QED) is 0.639. The van der Waals surface area contributed by atoms with Crippen molar-refractivity contribution >= 4 is 21.7 Å². The number of piperidine rings is 1. The fourth-order valence-electron chi connectivity index (χ4n) is 3.94. The van der Waals surface area contributed by atoms with E-state index in [0.29, 0.717) is 13.1 Å². The molecule has 0 aliphatic carbocycles. The predicted octanol–water partition coefficient (Wildman–Crippen LogP) is 3.00. The molecule has 0 spiro atoms. The molecule has 2 aromatic rings. The molecule has 1 atom stereocenters. The molecule has 1 saturated heterocycles. The Bertz CT molecular complexity index is 1030. The highest BCUT2D eigenvalue weighted by molar-refractivity contribution is 7.92. The third-order valence-corrected chi connectivity index (χ3v) is 8.04. The van der Waals surface area contributed by atoms with Crippen LogP contribution < -0.4 is 5.32 Å². The van der Waals surface area contributed by atoms with Gasteiger partial charge in [0, 0.05) is 12.7 Å². The summed E-state index contributed by atoms with van der Waals surface area (Å²) < 4.78 is 23.4. The van der Waals surface area contributed by atoms with E-state index in [1.165, 1.54) is 0 Å². The molecule has 0 unspecified atom stereocenters. The lowest BCUT2D eigenvalue weighted by Gasteiger charge is -2.38. The molecule has 3 rings (SSSR count). The molecule has 1 heterocycles. The highest BCUT2D eigenvalue weighted by Gasteiger charge is 2.50. The van der Waals surface area contributed by atoms with Crippen molar-refractivity contribution in [2.45, 2.75) is 43.9 Å². The van der Waals surface area contributed by atoms with Crippen molar-refractivity contribution in [1.82, 2.24) is 10.2 Å². The largest absolute Gasteiger partial charge is 0.480 e. The Morgan fingerprint density at radius 1 is 1.00 bits per heavy atom. The summed E-state index contributed by atoms with van der Waals surface area (Å²) in [6.07, 6.45) is 1.41. The lowest BCUT2D eigenvalue weighted by molar-refractivity contribution is -0.142. The van der Waals surface area contributed by atoms with Gasteiger partial charge in [0.1, 0.15) is 6.04 Å². The summed E-state index contributed by atoms with van der Waals surface area (Å²) in [5, 5.41) is 12.2. The Labute approximate surface area is 196 Å². The van der Waals surface area contributed by atoms with Crippen molar-refractivity contribution < 1.29 is 23.1 Å². The SMILES string of the molecule is CC.CN1CCC(C(=O)N[C@@H](Cc2ccc(-c3ccccc3)cc2)C(=O)O)(S(C)(=O)=O)CC1. The zero-order valence-electron chi connectivity index (χ0n) is 19.7. The van der Waals surface area contributed by atoms with Crippen LogP contribution in [0.4, 0.5) is 0 Å². The molecule has 180 valence electrons. The van der Waals surface area contributed by atoms with Crippen LogP contribution in [0.3, 0.4) is 0 Å². The van der Waals surface area contributed by atoms with E-state index in [4.69, 9.17) is 0 Å². The van der Waals surface area contributed by atoms with Crippen molar-refractivity contribution in [3.05, 3.63) is 60.2 Å². The van der Waals surface area contributed by atoms with Crippen LogP contribution in [0.15, 0.2) is 54.6 Å². The summed E-state index contributed by atoms with van der Waals surface area (Å²) in [6, 6.07) is 16.0. The molecule has 0 radical (unpaired) electrons. The number of carboxylic acid groups (broad SMARTS) is 1. The van der Waals surface area contributed by atoms with Crippen LogP contribution >= 0.6 is 0 Å². The van der Waals surface area contributed by atoms with Crippen molar-refractivity contribution in [3.8, 4) is 11.1 Å². The second-order valence-electron chi connectivity index (χ2n) is 8.20. The normalized spacial score (nSPS) is 16.7. The smallest absolute Gasteiger partial charge is 0.326 e. The zero-order valence-corrected chi connectivity index (χ0v) is 20.6. The van der Waals surface area contributed by atoms with Gasteiger partial charge in [-0.1, -0.05) is 68.4 Å². The average Bonchev–Trinajstić information content (AvgIpc) is 2.80. The molecule has 1 aliphatic rings. The van der Waals surface area contributed by atoms with Crippen LogP contribution in [0.1, 0.15) is 32.3 Å². The Hall–Kier alpha value is -2.71. The van der Waals surface area contributed by atoms with Gasteiger partial charge < -0.3 is 15.3 Å². The maximum Gasteiger partial charge on any atom is 0.326 e. The second-order valence-corrected chi connectivity index (χ2v) is 10.5. The van der Waals surface area contributed by atoms with E-state index in [1.807, 2.05) is 80.4 Å². The highest BCUT2D eigenvalue weighted by Crippen LogP contribution is 2.30. The van der Waals surface area contributed by atoms with Crippen LogP contribution in [-0.4, -0.2) is 67.5 Å². The first-order valence-corrected chi connectivity index (χ1v) is 13.1.